The van der Waals surface area contributed by atoms with Crippen molar-refractivity contribution in [2.75, 3.05) is 11.9 Å². The lowest BCUT2D eigenvalue weighted by atomic mass is 10.1. The van der Waals surface area contributed by atoms with Crippen molar-refractivity contribution in [2.24, 2.45) is 0 Å². The molecule has 3 heterocycles. The Hall–Kier alpha value is -3.85. The van der Waals surface area contributed by atoms with Crippen molar-refractivity contribution in [3.63, 3.8) is 0 Å². The zero-order valence-electron chi connectivity index (χ0n) is 16.1. The molecule has 0 aliphatic heterocycles. The van der Waals surface area contributed by atoms with E-state index >= 15 is 0 Å². The molecule has 7 nitrogen and oxygen atoms in total. The number of anilines is 1. The number of nitrogens with zero attached hydrogens (tertiary/aromatic N) is 3. The first-order chi connectivity index (χ1) is 15.2. The normalized spacial score (nSPS) is 11.1. The number of aromatic nitrogens is 4. The van der Waals surface area contributed by atoms with E-state index in [1.165, 1.54) is 17.7 Å². The number of nitrogens with one attached hydrogen (secondary N) is 2. The van der Waals surface area contributed by atoms with Crippen molar-refractivity contribution >= 4 is 27.2 Å². The van der Waals surface area contributed by atoms with Crippen molar-refractivity contribution in [3.8, 4) is 22.6 Å². The van der Waals surface area contributed by atoms with E-state index in [0.29, 0.717) is 29.3 Å². The van der Waals surface area contributed by atoms with Crippen LogP contribution in [0.15, 0.2) is 69.6 Å². The highest BCUT2D eigenvalue weighted by atomic mass is 32.1. The Bertz CT molecular complexity index is 1410. The van der Waals surface area contributed by atoms with E-state index in [-0.39, 0.29) is 5.82 Å². The maximum absolute atomic E-state index is 14.2. The Kier molecular flexibility index (Phi) is 5.01. The van der Waals surface area contributed by atoms with E-state index in [1.54, 1.807) is 6.07 Å². The molecule has 0 spiro atoms. The minimum absolute atomic E-state index is 0.176. The summed E-state index contributed by atoms with van der Waals surface area (Å²) in [6, 6.07) is 14.8. The number of H-pyrrole nitrogens is 1. The Morgan fingerprint density at radius 2 is 1.90 bits per heavy atom. The van der Waals surface area contributed by atoms with Crippen LogP contribution >= 0.6 is 11.3 Å². The van der Waals surface area contributed by atoms with Crippen molar-refractivity contribution < 1.29 is 8.91 Å². The molecule has 0 saturated carbocycles. The van der Waals surface area contributed by atoms with Crippen LogP contribution in [0.1, 0.15) is 5.56 Å². The van der Waals surface area contributed by atoms with Crippen molar-refractivity contribution in [1.82, 2.24) is 20.1 Å². The van der Waals surface area contributed by atoms with E-state index in [1.807, 2.05) is 47.8 Å². The van der Waals surface area contributed by atoms with Gasteiger partial charge in [0, 0.05) is 23.7 Å². The van der Waals surface area contributed by atoms with Gasteiger partial charge in [-0.05, 0) is 34.9 Å². The number of thiophene rings is 1. The maximum atomic E-state index is 14.2. The SMILES string of the molecule is O=c1[nH]c(-c2ccc(-c3cc(NCCc4cc(F)c5sccc5c4)ncn3)cc2)no1. The van der Waals surface area contributed by atoms with Gasteiger partial charge in [-0.1, -0.05) is 35.5 Å². The number of halogens is 1. The minimum atomic E-state index is -0.594. The Balaban J connectivity index is 1.27. The molecule has 154 valence electrons. The Morgan fingerprint density at radius 1 is 1.06 bits per heavy atom. The van der Waals surface area contributed by atoms with Crippen LogP contribution in [0.25, 0.3) is 32.7 Å². The molecule has 0 atom stereocenters. The number of hydrogen-bond donors (Lipinski definition) is 2. The zero-order valence-corrected chi connectivity index (χ0v) is 16.9. The maximum Gasteiger partial charge on any atom is 0.439 e. The second-order valence-corrected chi connectivity index (χ2v) is 7.82. The second-order valence-electron chi connectivity index (χ2n) is 6.90. The summed E-state index contributed by atoms with van der Waals surface area (Å²) in [4.78, 5) is 22.2. The lowest BCUT2D eigenvalue weighted by Crippen LogP contribution is -2.07. The summed E-state index contributed by atoms with van der Waals surface area (Å²) in [7, 11) is 0. The van der Waals surface area contributed by atoms with Gasteiger partial charge < -0.3 is 5.32 Å². The van der Waals surface area contributed by atoms with E-state index in [2.05, 4.69) is 29.9 Å². The lowest BCUT2D eigenvalue weighted by Gasteiger charge is -2.08. The highest BCUT2D eigenvalue weighted by molar-refractivity contribution is 7.17. The number of benzene rings is 2. The smallest absolute Gasteiger partial charge is 0.370 e. The molecule has 5 aromatic rings. The van der Waals surface area contributed by atoms with Gasteiger partial charge >= 0.3 is 5.76 Å². The van der Waals surface area contributed by atoms with Gasteiger partial charge in [0.05, 0.1) is 10.4 Å². The molecule has 0 aliphatic carbocycles. The fraction of sp³-hybridized carbons (Fsp3) is 0.0909. The van der Waals surface area contributed by atoms with Gasteiger partial charge in [0.25, 0.3) is 0 Å². The highest BCUT2D eigenvalue weighted by Gasteiger charge is 2.08. The predicted molar refractivity (Wildman–Crippen MR) is 118 cm³/mol. The molecule has 0 bridgehead atoms. The molecule has 0 radical (unpaired) electrons. The van der Waals surface area contributed by atoms with Crippen LogP contribution in [0, 0.1) is 5.82 Å². The Labute approximate surface area is 179 Å². The average Bonchev–Trinajstić information content (AvgIpc) is 3.43. The Morgan fingerprint density at radius 3 is 2.71 bits per heavy atom. The van der Waals surface area contributed by atoms with E-state index < -0.39 is 5.76 Å². The van der Waals surface area contributed by atoms with Crippen LogP contribution in [0.2, 0.25) is 0 Å². The van der Waals surface area contributed by atoms with Gasteiger partial charge in [0.2, 0.25) is 0 Å². The summed E-state index contributed by atoms with van der Waals surface area (Å²) in [5.74, 6) is 0.291. The van der Waals surface area contributed by atoms with Gasteiger partial charge in [-0.25, -0.2) is 19.2 Å². The molecular formula is C22H16FN5O2S. The highest BCUT2D eigenvalue weighted by Crippen LogP contribution is 2.26. The molecule has 0 saturated heterocycles. The van der Waals surface area contributed by atoms with E-state index in [0.717, 1.165) is 27.8 Å². The van der Waals surface area contributed by atoms with Crippen molar-refractivity contribution in [1.29, 1.82) is 0 Å². The lowest BCUT2D eigenvalue weighted by molar-refractivity contribution is 0.388. The fourth-order valence-corrected chi connectivity index (χ4v) is 4.13. The topological polar surface area (TPSA) is 96.7 Å². The van der Waals surface area contributed by atoms with E-state index in [9.17, 15) is 9.18 Å². The van der Waals surface area contributed by atoms with E-state index in [4.69, 9.17) is 0 Å². The van der Waals surface area contributed by atoms with Gasteiger partial charge in [-0.3, -0.25) is 9.51 Å². The van der Waals surface area contributed by atoms with Gasteiger partial charge in [0.1, 0.15) is 18.0 Å². The third-order valence-corrected chi connectivity index (χ3v) is 5.79. The first-order valence-corrected chi connectivity index (χ1v) is 10.4. The zero-order chi connectivity index (χ0) is 21.2. The monoisotopic (exact) mass is 433 g/mol. The second kappa shape index (κ2) is 8.11. The van der Waals surface area contributed by atoms with Crippen molar-refractivity contribution in [2.45, 2.75) is 6.42 Å². The van der Waals surface area contributed by atoms with Crippen LogP contribution in [0.3, 0.4) is 0 Å². The first-order valence-electron chi connectivity index (χ1n) is 9.54. The molecule has 0 aliphatic rings. The fourth-order valence-electron chi connectivity index (χ4n) is 3.34. The van der Waals surface area contributed by atoms with Gasteiger partial charge in [-0.2, -0.15) is 0 Å². The minimum Gasteiger partial charge on any atom is -0.370 e. The number of fused-ring (bicyclic) bond motifs is 1. The summed E-state index contributed by atoms with van der Waals surface area (Å²) < 4.78 is 19.4. The third kappa shape index (κ3) is 4.08. The number of rotatable bonds is 6. The third-order valence-electron chi connectivity index (χ3n) is 4.85. The molecule has 0 unspecified atom stereocenters. The largest absolute Gasteiger partial charge is 0.439 e. The molecule has 31 heavy (non-hydrogen) atoms. The summed E-state index contributed by atoms with van der Waals surface area (Å²) in [5.41, 5.74) is 3.32. The molecule has 0 amide bonds. The molecular weight excluding hydrogens is 417 g/mol. The number of aromatic amines is 1. The quantitative estimate of drug-likeness (QED) is 0.409. The average molecular weight is 433 g/mol. The molecule has 0 fully saturated rings. The standard InChI is InChI=1S/C22H16FN5O2S/c23-17-10-13(9-16-6-8-31-20(16)17)5-7-24-19-11-18(25-12-26-19)14-1-3-15(4-2-14)21-27-22(29)30-28-21/h1-4,6,8-12H,5,7H2,(H,24,25,26)(H,27,28,29). The summed E-state index contributed by atoms with van der Waals surface area (Å²) in [6.07, 6.45) is 2.17. The van der Waals surface area contributed by atoms with Crippen LogP contribution in [-0.4, -0.2) is 26.7 Å². The molecule has 9 heteroatoms. The molecule has 2 N–H and O–H groups in total. The van der Waals surface area contributed by atoms with Crippen molar-refractivity contribution in [3.05, 3.63) is 82.2 Å². The van der Waals surface area contributed by atoms with Crippen LogP contribution in [0.5, 0.6) is 0 Å². The summed E-state index contributed by atoms with van der Waals surface area (Å²) >= 11 is 1.41. The van der Waals surface area contributed by atoms with Gasteiger partial charge in [-0.15, -0.1) is 11.3 Å². The van der Waals surface area contributed by atoms with Crippen LogP contribution < -0.4 is 11.1 Å². The van der Waals surface area contributed by atoms with Crippen LogP contribution in [0.4, 0.5) is 10.2 Å². The summed E-state index contributed by atoms with van der Waals surface area (Å²) in [6.45, 7) is 0.615. The number of hydrogen-bond acceptors (Lipinski definition) is 7. The predicted octanol–water partition coefficient (Wildman–Crippen LogP) is 4.50. The van der Waals surface area contributed by atoms with Crippen LogP contribution in [-0.2, 0) is 6.42 Å². The first kappa shape index (κ1) is 19.1. The molecule has 3 aromatic heterocycles. The molecule has 2 aromatic carbocycles. The van der Waals surface area contributed by atoms with Gasteiger partial charge in [0.15, 0.2) is 5.82 Å². The summed E-state index contributed by atoms with van der Waals surface area (Å²) in [5, 5.41) is 9.78. The molecule has 5 rings (SSSR count).